The highest BCUT2D eigenvalue weighted by atomic mass is 28.3. The van der Waals surface area contributed by atoms with Crippen molar-refractivity contribution in [3.05, 3.63) is 149 Å². The molecule has 0 radical (unpaired) electrons. The van der Waals surface area contributed by atoms with Crippen molar-refractivity contribution in [1.82, 2.24) is 14.8 Å². The number of hydrogen-bond acceptors (Lipinski definition) is 7. The first-order valence-electron chi connectivity index (χ1n) is 23.5. The van der Waals surface area contributed by atoms with Gasteiger partial charge in [-0.15, -0.1) is 0 Å². The zero-order valence-corrected chi connectivity index (χ0v) is 44.7. The fourth-order valence-electron chi connectivity index (χ4n) is 10.1. The minimum absolute atomic E-state index is 0.406. The molecular weight excluding hydrogens is 855 g/mol. The summed E-state index contributed by atoms with van der Waals surface area (Å²) in [5.74, 6) is 0. The summed E-state index contributed by atoms with van der Waals surface area (Å²) in [5, 5.41) is 54.6. The van der Waals surface area contributed by atoms with Crippen LogP contribution < -0.4 is 20.7 Å². The molecule has 2 aliphatic rings. The zero-order chi connectivity index (χ0) is 46.6. The predicted molar refractivity (Wildman–Crippen MR) is 278 cm³/mol. The summed E-state index contributed by atoms with van der Waals surface area (Å²) in [6, 6.07) is 39.6. The largest absolute Gasteiger partial charge is 0.392 e. The van der Waals surface area contributed by atoms with Crippen LogP contribution in [0.2, 0.25) is 78.6 Å². The third kappa shape index (κ3) is 10.1. The number of pyridine rings is 1. The number of aliphatic hydroxyl groups is 4. The van der Waals surface area contributed by atoms with E-state index in [-0.39, 0.29) is 0 Å². The highest BCUT2D eigenvalue weighted by molar-refractivity contribution is 6.90. The molecule has 4 aromatic carbocycles. The first kappa shape index (κ1) is 48.6. The summed E-state index contributed by atoms with van der Waals surface area (Å²) in [6.07, 6.45) is -0.366. The predicted octanol–water partition coefficient (Wildman–Crippen LogP) is 7.01. The smallest absolute Gasteiger partial charge is 0.130 e. The fraction of sp³-hybridized carbons (Fsp3) is 0.453. The van der Waals surface area contributed by atoms with Crippen LogP contribution >= 0.6 is 0 Å². The summed E-state index contributed by atoms with van der Waals surface area (Å²) < 4.78 is 0. The van der Waals surface area contributed by atoms with Gasteiger partial charge in [0.1, 0.15) is 11.2 Å². The van der Waals surface area contributed by atoms with Crippen LogP contribution in [0.4, 0.5) is 0 Å². The van der Waals surface area contributed by atoms with E-state index in [4.69, 9.17) is 4.98 Å². The molecule has 11 heteroatoms. The molecule has 2 fully saturated rings. The molecule has 0 aliphatic carbocycles. The summed E-state index contributed by atoms with van der Waals surface area (Å²) >= 11 is 0. The number of aliphatic hydroxyl groups excluding tert-OH is 2. The fourth-order valence-corrected chi connectivity index (χ4v) is 14.8. The van der Waals surface area contributed by atoms with E-state index in [2.05, 4.69) is 185 Å². The molecular formula is C53H75N3O4Si4. The lowest BCUT2D eigenvalue weighted by atomic mass is 9.78. The Morgan fingerprint density at radius 3 is 0.922 bits per heavy atom. The van der Waals surface area contributed by atoms with Gasteiger partial charge >= 0.3 is 0 Å². The molecule has 2 aliphatic heterocycles. The highest BCUT2D eigenvalue weighted by Gasteiger charge is 2.50. The normalized spacial score (nSPS) is 20.9. The average molecular weight is 931 g/mol. The standard InChI is InChI=1S/C53H75N3O4Si4/c1-61(2,3)46-24-16-38(17-25-46)52(59,39-18-26-47(27-19-39)62(4,5)6)50-32-44(57)36-55(50)34-42-14-13-15-43(54-42)35-56-37-45(58)33-51(56)53(60,40-20-28-48(29-21-40)63(7,8)9)41-22-30-49(31-23-41)64(10,11)12/h13-31,44-45,50-51,57-60H,32-37H2,1-12H3/t44-,45-,50+,51+/m1/s1. The topological polar surface area (TPSA) is 100 Å². The minimum atomic E-state index is -1.58. The third-order valence-electron chi connectivity index (χ3n) is 14.1. The Kier molecular flexibility index (Phi) is 13.7. The van der Waals surface area contributed by atoms with Gasteiger partial charge in [0.05, 0.1) is 55.9 Å². The van der Waals surface area contributed by atoms with Gasteiger partial charge in [-0.2, -0.15) is 0 Å². The summed E-state index contributed by atoms with van der Waals surface area (Å²) in [4.78, 5) is 9.66. The molecule has 0 amide bonds. The first-order chi connectivity index (χ1) is 29.8. The number of β-amino-alcohol motifs (C(OH)–C–C–N with tert-alkyl or cyclic N) is 2. The van der Waals surface area contributed by atoms with Gasteiger partial charge in [0.2, 0.25) is 0 Å². The molecule has 5 aromatic rings. The second-order valence-corrected chi connectivity index (χ2v) is 43.4. The Balaban J connectivity index is 1.21. The molecule has 4 N–H and O–H groups in total. The molecule has 0 saturated carbocycles. The summed E-state index contributed by atoms with van der Waals surface area (Å²) in [5.41, 5.74) is 2.25. The van der Waals surface area contributed by atoms with Crippen LogP contribution in [0, 0.1) is 0 Å². The highest BCUT2D eigenvalue weighted by Crippen LogP contribution is 2.43. The molecule has 7 rings (SSSR count). The van der Waals surface area contributed by atoms with E-state index in [1.807, 2.05) is 18.2 Å². The van der Waals surface area contributed by atoms with Gasteiger partial charge < -0.3 is 20.4 Å². The number of rotatable bonds is 14. The summed E-state index contributed by atoms with van der Waals surface area (Å²) in [6.45, 7) is 29.8. The van der Waals surface area contributed by atoms with Gasteiger partial charge in [0.25, 0.3) is 0 Å². The van der Waals surface area contributed by atoms with E-state index >= 15 is 0 Å². The summed E-state index contributed by atoms with van der Waals surface area (Å²) in [7, 11) is -6.34. The quantitative estimate of drug-likeness (QED) is 0.0891. The van der Waals surface area contributed by atoms with Gasteiger partial charge in [-0.25, -0.2) is 0 Å². The molecule has 4 atom stereocenters. The number of nitrogens with zero attached hydrogens (tertiary/aromatic N) is 3. The maximum absolute atomic E-state index is 13.3. The minimum Gasteiger partial charge on any atom is -0.392 e. The van der Waals surface area contributed by atoms with Crippen molar-refractivity contribution < 1.29 is 20.4 Å². The van der Waals surface area contributed by atoms with Crippen molar-refractivity contribution in [3.63, 3.8) is 0 Å². The van der Waals surface area contributed by atoms with Crippen LogP contribution in [-0.4, -0.2) is 105 Å². The van der Waals surface area contributed by atoms with Gasteiger partial charge in [-0.1, -0.05) is 202 Å². The lowest BCUT2D eigenvalue weighted by Crippen LogP contribution is -2.49. The van der Waals surface area contributed by atoms with Crippen molar-refractivity contribution in [2.24, 2.45) is 0 Å². The van der Waals surface area contributed by atoms with E-state index in [0.717, 1.165) is 33.6 Å². The second kappa shape index (κ2) is 18.0. The van der Waals surface area contributed by atoms with Crippen molar-refractivity contribution in [2.45, 2.75) is 140 Å². The van der Waals surface area contributed by atoms with Gasteiger partial charge in [-0.05, 0) is 47.2 Å². The molecule has 3 heterocycles. The maximum Gasteiger partial charge on any atom is 0.130 e. The van der Waals surface area contributed by atoms with E-state index in [9.17, 15) is 20.4 Å². The van der Waals surface area contributed by atoms with Crippen LogP contribution in [0.3, 0.4) is 0 Å². The molecule has 342 valence electrons. The third-order valence-corrected chi connectivity index (χ3v) is 22.3. The van der Waals surface area contributed by atoms with E-state index < -0.39 is 67.8 Å². The molecule has 2 saturated heterocycles. The number of likely N-dealkylation sites (tertiary alicyclic amines) is 2. The Hall–Kier alpha value is -3.34. The number of aromatic nitrogens is 1. The lowest BCUT2D eigenvalue weighted by Gasteiger charge is -2.41. The first-order valence-corrected chi connectivity index (χ1v) is 37.5. The van der Waals surface area contributed by atoms with Crippen LogP contribution in [-0.2, 0) is 24.3 Å². The molecule has 0 unspecified atom stereocenters. The number of benzene rings is 4. The van der Waals surface area contributed by atoms with E-state index in [1.54, 1.807) is 0 Å². The second-order valence-electron chi connectivity index (χ2n) is 23.1. The molecule has 0 spiro atoms. The Morgan fingerprint density at radius 2 is 0.688 bits per heavy atom. The SMILES string of the molecule is C[Si](C)(C)c1ccc(C(O)(c2ccc([Si](C)(C)C)cc2)[C@@H]2C[C@@H](O)CN2Cc2cccc(CN3C[C@H](O)C[C@H]3C(O)(c3ccc([Si](C)(C)C)cc3)c3ccc([Si](C)(C)C)cc3)n2)cc1. The van der Waals surface area contributed by atoms with Gasteiger partial charge in [-0.3, -0.25) is 14.8 Å². The molecule has 0 bridgehead atoms. The zero-order valence-electron chi connectivity index (χ0n) is 40.7. The van der Waals surface area contributed by atoms with Gasteiger partial charge in [0.15, 0.2) is 0 Å². The molecule has 64 heavy (non-hydrogen) atoms. The van der Waals surface area contributed by atoms with Crippen LogP contribution in [0.15, 0.2) is 115 Å². The van der Waals surface area contributed by atoms with Crippen molar-refractivity contribution in [2.75, 3.05) is 13.1 Å². The van der Waals surface area contributed by atoms with E-state index in [0.29, 0.717) is 39.0 Å². The maximum atomic E-state index is 13.3. The Bertz CT molecular complexity index is 2090. The monoisotopic (exact) mass is 929 g/mol. The Morgan fingerprint density at radius 1 is 0.438 bits per heavy atom. The van der Waals surface area contributed by atoms with Crippen molar-refractivity contribution in [1.29, 1.82) is 0 Å². The molecule has 1 aromatic heterocycles. The number of hydrogen-bond donors (Lipinski definition) is 4. The van der Waals surface area contributed by atoms with Crippen LogP contribution in [0.5, 0.6) is 0 Å². The van der Waals surface area contributed by atoms with E-state index in [1.165, 1.54) is 20.7 Å². The lowest BCUT2D eigenvalue weighted by molar-refractivity contribution is -0.00790. The van der Waals surface area contributed by atoms with Crippen LogP contribution in [0.1, 0.15) is 46.5 Å². The average Bonchev–Trinajstić information content (AvgIpc) is 3.80. The van der Waals surface area contributed by atoms with Crippen LogP contribution in [0.25, 0.3) is 0 Å². The molecule has 7 nitrogen and oxygen atoms in total. The van der Waals surface area contributed by atoms with Gasteiger partial charge in [0, 0.05) is 38.3 Å². The van der Waals surface area contributed by atoms with Crippen molar-refractivity contribution >= 4 is 53.0 Å². The Labute approximate surface area is 388 Å². The van der Waals surface area contributed by atoms with Crippen molar-refractivity contribution in [3.8, 4) is 0 Å².